The molecule has 1 saturated heterocycles. The first-order chi connectivity index (χ1) is 8.74. The lowest BCUT2D eigenvalue weighted by atomic mass is 10.1. The molecule has 1 amide bonds. The van der Waals surface area contributed by atoms with Gasteiger partial charge in [-0.1, -0.05) is 6.92 Å². The Hall–Kier alpha value is -1.42. The molecule has 0 unspecified atom stereocenters. The Morgan fingerprint density at radius 2 is 2.50 bits per heavy atom. The van der Waals surface area contributed by atoms with Crippen molar-refractivity contribution in [1.29, 1.82) is 5.26 Å². The molecule has 5 nitrogen and oxygen atoms in total. The first kappa shape index (κ1) is 13.0. The van der Waals surface area contributed by atoms with Gasteiger partial charge in [0.25, 0.3) is 0 Å². The lowest BCUT2D eigenvalue weighted by Crippen LogP contribution is -2.58. The second kappa shape index (κ2) is 5.96. The van der Waals surface area contributed by atoms with Gasteiger partial charge in [0.1, 0.15) is 11.1 Å². The molecule has 2 N–H and O–H groups in total. The van der Waals surface area contributed by atoms with Crippen LogP contribution in [0.4, 0.5) is 5.00 Å². The average molecular weight is 264 g/mol. The van der Waals surface area contributed by atoms with Gasteiger partial charge in [-0.15, -0.1) is 11.3 Å². The number of nitrogens with one attached hydrogen (secondary N) is 2. The smallest absolute Gasteiger partial charge is 0.239 e. The fraction of sp³-hybridized carbons (Fsp3) is 0.500. The first-order valence-electron chi connectivity index (χ1n) is 5.96. The molecule has 18 heavy (non-hydrogen) atoms. The quantitative estimate of drug-likeness (QED) is 0.827. The summed E-state index contributed by atoms with van der Waals surface area (Å²) in [6, 6.07) is 4.24. The van der Waals surface area contributed by atoms with Crippen molar-refractivity contribution in [2.75, 3.05) is 31.5 Å². The van der Waals surface area contributed by atoms with Crippen LogP contribution in [0.1, 0.15) is 12.5 Å². The largest absolute Gasteiger partial charge is 0.315 e. The summed E-state index contributed by atoms with van der Waals surface area (Å²) in [5, 5.41) is 17.3. The van der Waals surface area contributed by atoms with Crippen LogP contribution < -0.4 is 10.6 Å². The third-order valence-corrected chi connectivity index (χ3v) is 3.90. The highest BCUT2D eigenvalue weighted by Crippen LogP contribution is 2.22. The highest BCUT2D eigenvalue weighted by atomic mass is 32.1. The minimum Gasteiger partial charge on any atom is -0.315 e. The van der Waals surface area contributed by atoms with Gasteiger partial charge in [-0.2, -0.15) is 5.26 Å². The SMILES string of the molecule is CCN(CC(=O)Nc1sccc1C#N)C1CNC1. The van der Waals surface area contributed by atoms with Crippen LogP contribution in [0.2, 0.25) is 0 Å². The van der Waals surface area contributed by atoms with Gasteiger partial charge >= 0.3 is 0 Å². The minimum atomic E-state index is -0.0531. The van der Waals surface area contributed by atoms with Crippen molar-refractivity contribution in [3.8, 4) is 6.07 Å². The summed E-state index contributed by atoms with van der Waals surface area (Å²) >= 11 is 1.38. The summed E-state index contributed by atoms with van der Waals surface area (Å²) in [6.07, 6.45) is 0. The van der Waals surface area contributed by atoms with Crippen LogP contribution >= 0.6 is 11.3 Å². The molecule has 0 bridgehead atoms. The second-order valence-electron chi connectivity index (χ2n) is 4.20. The average Bonchev–Trinajstić information content (AvgIpc) is 2.72. The van der Waals surface area contributed by atoms with Crippen LogP contribution in [0.3, 0.4) is 0 Å². The van der Waals surface area contributed by atoms with E-state index in [4.69, 9.17) is 5.26 Å². The number of nitrogens with zero attached hydrogens (tertiary/aromatic N) is 2. The van der Waals surface area contributed by atoms with Gasteiger partial charge in [0.2, 0.25) is 5.91 Å². The molecule has 0 atom stereocenters. The third kappa shape index (κ3) is 2.88. The molecular weight excluding hydrogens is 248 g/mol. The Balaban J connectivity index is 1.90. The predicted molar refractivity (Wildman–Crippen MR) is 71.6 cm³/mol. The van der Waals surface area contributed by atoms with Crippen molar-refractivity contribution in [1.82, 2.24) is 10.2 Å². The number of thiophene rings is 1. The zero-order valence-electron chi connectivity index (χ0n) is 10.3. The molecule has 1 fully saturated rings. The van der Waals surface area contributed by atoms with E-state index in [1.807, 2.05) is 5.38 Å². The Morgan fingerprint density at radius 1 is 1.72 bits per heavy atom. The maximum atomic E-state index is 11.9. The summed E-state index contributed by atoms with van der Waals surface area (Å²) in [6.45, 7) is 5.19. The van der Waals surface area contributed by atoms with E-state index in [1.54, 1.807) is 6.07 Å². The van der Waals surface area contributed by atoms with E-state index < -0.39 is 0 Å². The van der Waals surface area contributed by atoms with Crippen LogP contribution in [-0.4, -0.2) is 43.0 Å². The number of anilines is 1. The van der Waals surface area contributed by atoms with E-state index in [-0.39, 0.29) is 5.91 Å². The number of hydrogen-bond acceptors (Lipinski definition) is 5. The van der Waals surface area contributed by atoms with Gasteiger partial charge in [0.05, 0.1) is 12.1 Å². The summed E-state index contributed by atoms with van der Waals surface area (Å²) in [5.41, 5.74) is 0.529. The van der Waals surface area contributed by atoms with Gasteiger partial charge in [-0.3, -0.25) is 9.69 Å². The Bertz CT molecular complexity index is 461. The standard InChI is InChI=1S/C12H16N4OS/c1-2-16(10-6-14-7-10)8-11(17)15-12-9(5-13)3-4-18-12/h3-4,10,14H,2,6-8H2,1H3,(H,15,17). The lowest BCUT2D eigenvalue weighted by Gasteiger charge is -2.37. The zero-order chi connectivity index (χ0) is 13.0. The molecule has 1 aliphatic heterocycles. The summed E-state index contributed by atoms with van der Waals surface area (Å²) < 4.78 is 0. The molecule has 0 saturated carbocycles. The normalized spacial score (nSPS) is 15.2. The van der Waals surface area contributed by atoms with Crippen molar-refractivity contribution in [2.24, 2.45) is 0 Å². The number of rotatable bonds is 5. The van der Waals surface area contributed by atoms with E-state index in [0.717, 1.165) is 19.6 Å². The van der Waals surface area contributed by atoms with Gasteiger partial charge in [-0.05, 0) is 18.0 Å². The molecule has 1 aliphatic rings. The first-order valence-corrected chi connectivity index (χ1v) is 6.84. The van der Waals surface area contributed by atoms with Crippen LogP contribution in [0.5, 0.6) is 0 Å². The van der Waals surface area contributed by atoms with Gasteiger partial charge in [0.15, 0.2) is 0 Å². The number of carbonyl (C=O) groups is 1. The molecule has 2 rings (SSSR count). The molecule has 96 valence electrons. The van der Waals surface area contributed by atoms with Crippen LogP contribution in [-0.2, 0) is 4.79 Å². The van der Waals surface area contributed by atoms with Crippen molar-refractivity contribution in [3.05, 3.63) is 17.0 Å². The van der Waals surface area contributed by atoms with E-state index in [0.29, 0.717) is 23.2 Å². The fourth-order valence-corrected chi connectivity index (χ4v) is 2.63. The van der Waals surface area contributed by atoms with Crippen LogP contribution in [0.25, 0.3) is 0 Å². The Morgan fingerprint density at radius 3 is 3.06 bits per heavy atom. The van der Waals surface area contributed by atoms with Crippen LogP contribution in [0, 0.1) is 11.3 Å². The molecule has 2 heterocycles. The van der Waals surface area contributed by atoms with Crippen molar-refractivity contribution in [2.45, 2.75) is 13.0 Å². The molecule has 0 spiro atoms. The third-order valence-electron chi connectivity index (χ3n) is 3.07. The highest BCUT2D eigenvalue weighted by Gasteiger charge is 2.25. The van der Waals surface area contributed by atoms with Crippen molar-refractivity contribution >= 4 is 22.2 Å². The van der Waals surface area contributed by atoms with Crippen LogP contribution in [0.15, 0.2) is 11.4 Å². The van der Waals surface area contributed by atoms with Gasteiger partial charge < -0.3 is 10.6 Å². The van der Waals surface area contributed by atoms with E-state index in [2.05, 4.69) is 28.5 Å². The van der Waals surface area contributed by atoms with Gasteiger partial charge in [-0.25, -0.2) is 0 Å². The van der Waals surface area contributed by atoms with Crippen molar-refractivity contribution in [3.63, 3.8) is 0 Å². The Labute approximate surface area is 110 Å². The molecule has 1 aromatic rings. The number of nitriles is 1. The maximum absolute atomic E-state index is 11.9. The molecule has 0 radical (unpaired) electrons. The minimum absolute atomic E-state index is 0.0531. The summed E-state index contributed by atoms with van der Waals surface area (Å²) in [5.74, 6) is -0.0531. The van der Waals surface area contributed by atoms with Crippen molar-refractivity contribution < 1.29 is 4.79 Å². The number of hydrogen-bond donors (Lipinski definition) is 2. The van der Waals surface area contributed by atoms with E-state index in [1.165, 1.54) is 11.3 Å². The van der Waals surface area contributed by atoms with Gasteiger partial charge in [0, 0.05) is 19.1 Å². The van der Waals surface area contributed by atoms with E-state index >= 15 is 0 Å². The topological polar surface area (TPSA) is 68.2 Å². The second-order valence-corrected chi connectivity index (χ2v) is 5.11. The lowest BCUT2D eigenvalue weighted by molar-refractivity contribution is -0.118. The molecule has 1 aromatic heterocycles. The monoisotopic (exact) mass is 264 g/mol. The number of likely N-dealkylation sites (N-methyl/N-ethyl adjacent to an activating group) is 1. The molecule has 0 aromatic carbocycles. The molecule has 0 aliphatic carbocycles. The molecule has 6 heteroatoms. The summed E-state index contributed by atoms with van der Waals surface area (Å²) in [7, 11) is 0. The zero-order valence-corrected chi connectivity index (χ0v) is 11.1. The predicted octanol–water partition coefficient (Wildman–Crippen LogP) is 0.852. The summed E-state index contributed by atoms with van der Waals surface area (Å²) in [4.78, 5) is 14.1. The number of carbonyl (C=O) groups excluding carboxylic acids is 1. The Kier molecular flexibility index (Phi) is 4.31. The number of amides is 1. The maximum Gasteiger partial charge on any atom is 0.239 e. The molecular formula is C12H16N4OS. The highest BCUT2D eigenvalue weighted by molar-refractivity contribution is 7.14. The fourth-order valence-electron chi connectivity index (χ4n) is 1.88. The van der Waals surface area contributed by atoms with E-state index in [9.17, 15) is 4.79 Å².